The highest BCUT2D eigenvalue weighted by Gasteiger charge is 2.39. The van der Waals surface area contributed by atoms with Crippen LogP contribution in [0.4, 0.5) is 13.2 Å². The molecule has 1 aliphatic rings. The van der Waals surface area contributed by atoms with Crippen LogP contribution >= 0.6 is 0 Å². The number of rotatable bonds is 4. The number of hydrogen-bond acceptors (Lipinski definition) is 2. The molecule has 0 atom stereocenters. The second-order valence-electron chi connectivity index (χ2n) is 8.43. The first-order valence-electron chi connectivity index (χ1n) is 10.5. The third-order valence-electron chi connectivity index (χ3n) is 5.81. The molecular formula is C25H22F3N3. The summed E-state index contributed by atoms with van der Waals surface area (Å²) < 4.78 is 44.1. The minimum Gasteiger partial charge on any atom is -0.228 e. The Kier molecular flexibility index (Phi) is 4.61. The Morgan fingerprint density at radius 2 is 1.65 bits per heavy atom. The average Bonchev–Trinajstić information content (AvgIpc) is 3.53. The molecule has 0 spiro atoms. The van der Waals surface area contributed by atoms with Crippen molar-refractivity contribution in [3.05, 3.63) is 77.5 Å². The molecule has 0 unspecified atom stereocenters. The Hall–Kier alpha value is -3.15. The lowest BCUT2D eigenvalue weighted by molar-refractivity contribution is -0.136. The lowest BCUT2D eigenvalue weighted by Gasteiger charge is -2.13. The normalized spacial score (nSPS) is 14.5. The Balaban J connectivity index is 1.79. The Labute approximate surface area is 178 Å². The first kappa shape index (κ1) is 19.8. The zero-order valence-electron chi connectivity index (χ0n) is 17.3. The molecule has 2 aromatic carbocycles. The third-order valence-corrected chi connectivity index (χ3v) is 5.81. The summed E-state index contributed by atoms with van der Waals surface area (Å²) in [5.74, 6) is 0.405. The number of pyridine rings is 1. The molecule has 0 amide bonds. The van der Waals surface area contributed by atoms with E-state index in [9.17, 15) is 13.2 Å². The Bertz CT molecular complexity index is 1240. The van der Waals surface area contributed by atoms with Crippen molar-refractivity contribution in [2.24, 2.45) is 0 Å². The number of alkyl halides is 3. The van der Waals surface area contributed by atoms with Gasteiger partial charge in [-0.15, -0.1) is 0 Å². The quantitative estimate of drug-likeness (QED) is 0.352. The van der Waals surface area contributed by atoms with Crippen molar-refractivity contribution in [1.29, 1.82) is 0 Å². The second-order valence-corrected chi connectivity index (χ2v) is 8.43. The molecule has 31 heavy (non-hydrogen) atoms. The summed E-state index contributed by atoms with van der Waals surface area (Å²) in [4.78, 5) is 4.70. The van der Waals surface area contributed by atoms with Gasteiger partial charge >= 0.3 is 6.18 Å². The van der Waals surface area contributed by atoms with E-state index in [-0.39, 0.29) is 17.0 Å². The van der Waals surface area contributed by atoms with Crippen LogP contribution in [-0.4, -0.2) is 14.8 Å². The summed E-state index contributed by atoms with van der Waals surface area (Å²) in [6.07, 6.45) is -2.78. The number of para-hydroxylation sites is 1. The average molecular weight is 421 g/mol. The largest absolute Gasteiger partial charge is 0.417 e. The molecule has 158 valence electrons. The molecular weight excluding hydrogens is 399 g/mol. The molecule has 0 saturated heterocycles. The van der Waals surface area contributed by atoms with Gasteiger partial charge in [0.05, 0.1) is 28.0 Å². The van der Waals surface area contributed by atoms with Gasteiger partial charge in [-0.1, -0.05) is 56.3 Å². The summed E-state index contributed by atoms with van der Waals surface area (Å²) in [6.45, 7) is 4.16. The van der Waals surface area contributed by atoms with E-state index < -0.39 is 11.7 Å². The highest BCUT2D eigenvalue weighted by molar-refractivity contribution is 5.88. The Morgan fingerprint density at radius 1 is 0.968 bits per heavy atom. The zero-order chi connectivity index (χ0) is 21.8. The molecule has 0 bridgehead atoms. The number of halogens is 3. The van der Waals surface area contributed by atoms with Crippen LogP contribution in [0.3, 0.4) is 0 Å². The standard InChI is InChI=1S/C25H22F3N3/c1-15(2)16-8-10-17(11-9-16)21-14-20(25(26,27)28)22-23(18-12-13-18)30-31(24(22)29-21)19-6-4-3-5-7-19/h3-11,14-15,18H,12-13H2,1-2H3. The third kappa shape index (κ3) is 3.60. The summed E-state index contributed by atoms with van der Waals surface area (Å²) in [6, 6.07) is 18.0. The van der Waals surface area contributed by atoms with Crippen molar-refractivity contribution in [2.45, 2.75) is 44.7 Å². The molecule has 2 aromatic heterocycles. The lowest BCUT2D eigenvalue weighted by atomic mass is 9.99. The fraction of sp³-hybridized carbons (Fsp3) is 0.280. The van der Waals surface area contributed by atoms with Gasteiger partial charge in [-0.05, 0) is 42.5 Å². The molecule has 0 N–H and O–H groups in total. The van der Waals surface area contributed by atoms with Gasteiger partial charge in [-0.2, -0.15) is 18.3 Å². The van der Waals surface area contributed by atoms with Crippen LogP contribution in [0, 0.1) is 0 Å². The number of nitrogens with zero attached hydrogens (tertiary/aromatic N) is 3. The van der Waals surface area contributed by atoms with Gasteiger partial charge in [0.2, 0.25) is 0 Å². The summed E-state index contributed by atoms with van der Waals surface area (Å²) in [7, 11) is 0. The van der Waals surface area contributed by atoms with Gasteiger partial charge in [-0.25, -0.2) is 9.67 Å². The van der Waals surface area contributed by atoms with E-state index in [1.807, 2.05) is 54.6 Å². The van der Waals surface area contributed by atoms with Crippen LogP contribution in [0.1, 0.15) is 55.3 Å². The SMILES string of the molecule is CC(C)c1ccc(-c2cc(C(F)(F)F)c3c(C4CC4)nn(-c4ccccc4)c3n2)cc1. The van der Waals surface area contributed by atoms with Gasteiger partial charge in [-0.3, -0.25) is 0 Å². The first-order chi connectivity index (χ1) is 14.8. The van der Waals surface area contributed by atoms with Crippen LogP contribution in [0.5, 0.6) is 0 Å². The fourth-order valence-electron chi connectivity index (χ4n) is 3.94. The van der Waals surface area contributed by atoms with E-state index in [4.69, 9.17) is 4.98 Å². The minimum absolute atomic E-state index is 0.0616. The molecule has 0 aliphatic heterocycles. The van der Waals surface area contributed by atoms with E-state index in [2.05, 4.69) is 18.9 Å². The van der Waals surface area contributed by atoms with Crippen molar-refractivity contribution in [1.82, 2.24) is 14.8 Å². The monoisotopic (exact) mass is 421 g/mol. The summed E-state index contributed by atoms with van der Waals surface area (Å²) in [5, 5.41) is 4.75. The number of hydrogen-bond donors (Lipinski definition) is 0. The molecule has 2 heterocycles. The van der Waals surface area contributed by atoms with E-state index >= 15 is 0 Å². The van der Waals surface area contributed by atoms with Crippen molar-refractivity contribution < 1.29 is 13.2 Å². The van der Waals surface area contributed by atoms with Crippen LogP contribution < -0.4 is 0 Å². The van der Waals surface area contributed by atoms with E-state index in [0.717, 1.165) is 18.4 Å². The van der Waals surface area contributed by atoms with Crippen LogP contribution in [0.25, 0.3) is 28.0 Å². The molecule has 6 heteroatoms. The maximum absolute atomic E-state index is 14.2. The van der Waals surface area contributed by atoms with Crippen molar-refractivity contribution >= 4 is 11.0 Å². The van der Waals surface area contributed by atoms with Gasteiger partial charge in [0.15, 0.2) is 5.65 Å². The Morgan fingerprint density at radius 3 is 2.23 bits per heavy atom. The van der Waals surface area contributed by atoms with E-state index in [1.165, 1.54) is 6.07 Å². The lowest BCUT2D eigenvalue weighted by Crippen LogP contribution is -2.08. The van der Waals surface area contributed by atoms with Gasteiger partial charge in [0, 0.05) is 11.5 Å². The van der Waals surface area contributed by atoms with E-state index in [1.54, 1.807) is 4.68 Å². The highest BCUT2D eigenvalue weighted by Crippen LogP contribution is 2.47. The molecule has 1 saturated carbocycles. The molecule has 0 radical (unpaired) electrons. The van der Waals surface area contributed by atoms with Gasteiger partial charge in [0.1, 0.15) is 0 Å². The molecule has 1 fully saturated rings. The van der Waals surface area contributed by atoms with Crippen molar-refractivity contribution in [3.8, 4) is 16.9 Å². The predicted molar refractivity (Wildman–Crippen MR) is 115 cm³/mol. The summed E-state index contributed by atoms with van der Waals surface area (Å²) in [5.41, 5.74) is 2.88. The number of aromatic nitrogens is 3. The predicted octanol–water partition coefficient (Wildman–Crippen LogP) is 7.11. The van der Waals surface area contributed by atoms with E-state index in [0.29, 0.717) is 28.6 Å². The highest BCUT2D eigenvalue weighted by atomic mass is 19.4. The maximum atomic E-state index is 14.2. The summed E-state index contributed by atoms with van der Waals surface area (Å²) >= 11 is 0. The van der Waals surface area contributed by atoms with Crippen LogP contribution in [-0.2, 0) is 6.18 Å². The second kappa shape index (κ2) is 7.22. The smallest absolute Gasteiger partial charge is 0.228 e. The van der Waals surface area contributed by atoms with Gasteiger partial charge < -0.3 is 0 Å². The zero-order valence-corrected chi connectivity index (χ0v) is 17.3. The number of fused-ring (bicyclic) bond motifs is 1. The molecule has 3 nitrogen and oxygen atoms in total. The maximum Gasteiger partial charge on any atom is 0.417 e. The molecule has 4 aromatic rings. The first-order valence-corrected chi connectivity index (χ1v) is 10.5. The van der Waals surface area contributed by atoms with Crippen molar-refractivity contribution in [2.75, 3.05) is 0 Å². The fourth-order valence-corrected chi connectivity index (χ4v) is 3.94. The topological polar surface area (TPSA) is 30.7 Å². The van der Waals surface area contributed by atoms with Crippen LogP contribution in [0.2, 0.25) is 0 Å². The number of benzene rings is 2. The molecule has 5 rings (SSSR count). The van der Waals surface area contributed by atoms with Gasteiger partial charge in [0.25, 0.3) is 0 Å². The van der Waals surface area contributed by atoms with Crippen LogP contribution in [0.15, 0.2) is 60.7 Å². The minimum atomic E-state index is -4.50. The molecule has 1 aliphatic carbocycles. The van der Waals surface area contributed by atoms with Crippen molar-refractivity contribution in [3.63, 3.8) is 0 Å².